The number of para-hydroxylation sites is 1. The number of benzene rings is 2. The molecule has 2 aromatic heterocycles. The molecule has 1 fully saturated rings. The molecule has 1 unspecified atom stereocenters. The highest BCUT2D eigenvalue weighted by Crippen LogP contribution is 2.36. The summed E-state index contributed by atoms with van der Waals surface area (Å²) in [5.41, 5.74) is 10.5. The van der Waals surface area contributed by atoms with Crippen molar-refractivity contribution in [3.8, 4) is 23.1 Å². The molecule has 2 heterocycles. The Balaban J connectivity index is 1.30. The molecule has 3 N–H and O–H groups in total. The maximum absolute atomic E-state index is 9.38. The first-order chi connectivity index (χ1) is 19.1. The second kappa shape index (κ2) is 12.2. The fourth-order valence-electron chi connectivity index (χ4n) is 5.12. The Morgan fingerprint density at radius 2 is 2.05 bits per heavy atom. The lowest BCUT2D eigenvalue weighted by molar-refractivity contribution is 0.315. The lowest BCUT2D eigenvalue weighted by Gasteiger charge is -2.21. The minimum absolute atomic E-state index is 0.100. The minimum Gasteiger partial charge on any atom is -0.496 e. The van der Waals surface area contributed by atoms with Gasteiger partial charge < -0.3 is 15.8 Å². The van der Waals surface area contributed by atoms with Gasteiger partial charge in [-0.3, -0.25) is 9.67 Å². The number of nitriles is 1. The van der Waals surface area contributed by atoms with Gasteiger partial charge in [0.15, 0.2) is 0 Å². The third kappa shape index (κ3) is 6.24. The number of nitrogens with two attached hydrogens (primary N) is 1. The Kier molecular flexibility index (Phi) is 8.12. The van der Waals surface area contributed by atoms with E-state index in [2.05, 4.69) is 26.5 Å². The number of amidine groups is 1. The van der Waals surface area contributed by atoms with Crippen molar-refractivity contribution in [1.29, 1.82) is 5.26 Å². The molecule has 4 aromatic rings. The Morgan fingerprint density at radius 3 is 2.87 bits per heavy atom. The van der Waals surface area contributed by atoms with Gasteiger partial charge in [0.05, 0.1) is 44.1 Å². The lowest BCUT2D eigenvalue weighted by atomic mass is 9.96. The number of hydrogen-bond donors (Lipinski definition) is 2. The van der Waals surface area contributed by atoms with Crippen LogP contribution in [0, 0.1) is 17.2 Å². The highest BCUT2D eigenvalue weighted by Gasteiger charge is 2.27. The van der Waals surface area contributed by atoms with E-state index in [1.807, 2.05) is 71.7 Å². The predicted octanol–water partition coefficient (Wildman–Crippen LogP) is 5.64. The summed E-state index contributed by atoms with van der Waals surface area (Å²) in [5, 5.41) is 17.2. The Morgan fingerprint density at radius 1 is 1.21 bits per heavy atom. The third-order valence-corrected chi connectivity index (χ3v) is 7.16. The van der Waals surface area contributed by atoms with Gasteiger partial charge in [-0.05, 0) is 43.0 Å². The summed E-state index contributed by atoms with van der Waals surface area (Å²) in [5.74, 6) is 2.18. The fraction of sp³-hybridized carbons (Fsp3) is 0.300. The highest BCUT2D eigenvalue weighted by atomic mass is 16.5. The molecule has 0 saturated heterocycles. The van der Waals surface area contributed by atoms with Crippen LogP contribution in [-0.4, -0.2) is 32.7 Å². The van der Waals surface area contributed by atoms with E-state index in [0.717, 1.165) is 46.7 Å². The van der Waals surface area contributed by atoms with Crippen molar-refractivity contribution in [2.45, 2.75) is 44.7 Å². The van der Waals surface area contributed by atoms with Crippen LogP contribution < -0.4 is 15.8 Å². The zero-order valence-corrected chi connectivity index (χ0v) is 22.0. The number of methoxy groups -OCH3 is 1. The van der Waals surface area contributed by atoms with E-state index in [1.54, 1.807) is 13.3 Å². The van der Waals surface area contributed by atoms with Gasteiger partial charge in [0, 0.05) is 34.8 Å². The summed E-state index contributed by atoms with van der Waals surface area (Å²) in [6.45, 7) is 0.419. The molecule has 198 valence electrons. The van der Waals surface area contributed by atoms with Crippen molar-refractivity contribution in [1.82, 2.24) is 19.7 Å². The van der Waals surface area contributed by atoms with Gasteiger partial charge in [-0.2, -0.15) is 10.4 Å². The first-order valence-corrected chi connectivity index (χ1v) is 13.2. The molecule has 1 saturated carbocycles. The minimum atomic E-state index is 0.100. The molecule has 1 aliphatic rings. The van der Waals surface area contributed by atoms with Gasteiger partial charge in [-0.25, -0.2) is 9.97 Å². The molecule has 0 amide bonds. The average molecular weight is 521 g/mol. The summed E-state index contributed by atoms with van der Waals surface area (Å²) in [4.78, 5) is 13.7. The molecule has 5 rings (SSSR count). The first-order valence-electron chi connectivity index (χ1n) is 13.2. The number of ether oxygens (including phenoxy) is 1. The second-order valence-electron chi connectivity index (χ2n) is 9.67. The lowest BCUT2D eigenvalue weighted by Crippen LogP contribution is -2.17. The van der Waals surface area contributed by atoms with Crippen LogP contribution in [0.2, 0.25) is 0 Å². The van der Waals surface area contributed by atoms with E-state index in [4.69, 9.17) is 15.5 Å². The number of nitrogens with zero attached hydrogens (tertiary/aromatic N) is 6. The van der Waals surface area contributed by atoms with Crippen LogP contribution in [-0.2, 0) is 6.54 Å². The van der Waals surface area contributed by atoms with Gasteiger partial charge in [0.25, 0.3) is 0 Å². The Labute approximate surface area is 228 Å². The van der Waals surface area contributed by atoms with Crippen LogP contribution in [0.4, 0.5) is 11.6 Å². The molecule has 1 aliphatic carbocycles. The van der Waals surface area contributed by atoms with Crippen LogP contribution in [0.1, 0.15) is 49.3 Å². The standard InChI is InChI=1S/C30H32N8O/c1-39-28-12-5-4-9-23(28)18-34-29(32)22-10-6-11-25(17-22)36-30-33-16-14-26(37-30)24-19-35-38(20-24)27(13-15-31)21-7-2-3-8-21/h4-6,9-12,14,16-17,19-21,27H,2-3,7-8,13,18H2,1H3,(H2,32,34)(H,33,36,37). The van der Waals surface area contributed by atoms with Gasteiger partial charge >= 0.3 is 0 Å². The van der Waals surface area contributed by atoms with Crippen LogP contribution in [0.25, 0.3) is 11.3 Å². The summed E-state index contributed by atoms with van der Waals surface area (Å²) in [6, 6.07) is 19.7. The molecular formula is C30H32N8O. The van der Waals surface area contributed by atoms with Gasteiger partial charge in [-0.1, -0.05) is 43.2 Å². The molecular weight excluding hydrogens is 488 g/mol. The molecule has 1 atom stereocenters. The summed E-state index contributed by atoms with van der Waals surface area (Å²) < 4.78 is 7.35. The van der Waals surface area contributed by atoms with Crippen molar-refractivity contribution in [2.24, 2.45) is 16.6 Å². The van der Waals surface area contributed by atoms with Crippen molar-refractivity contribution in [3.05, 3.63) is 84.3 Å². The van der Waals surface area contributed by atoms with Crippen molar-refractivity contribution < 1.29 is 4.74 Å². The van der Waals surface area contributed by atoms with E-state index in [-0.39, 0.29) is 6.04 Å². The number of aliphatic imine (C=N–C) groups is 1. The van der Waals surface area contributed by atoms with Gasteiger partial charge in [-0.15, -0.1) is 0 Å². The molecule has 2 aromatic carbocycles. The van der Waals surface area contributed by atoms with Gasteiger partial charge in [0.1, 0.15) is 11.6 Å². The summed E-state index contributed by atoms with van der Waals surface area (Å²) in [7, 11) is 1.64. The number of rotatable bonds is 10. The monoisotopic (exact) mass is 520 g/mol. The zero-order valence-electron chi connectivity index (χ0n) is 22.0. The average Bonchev–Trinajstić information content (AvgIpc) is 3.68. The molecule has 9 nitrogen and oxygen atoms in total. The molecule has 0 aliphatic heterocycles. The molecule has 0 spiro atoms. The maximum Gasteiger partial charge on any atom is 0.227 e. The molecule has 39 heavy (non-hydrogen) atoms. The van der Waals surface area contributed by atoms with Crippen LogP contribution in [0.3, 0.4) is 0 Å². The number of anilines is 2. The number of aromatic nitrogens is 4. The fourth-order valence-corrected chi connectivity index (χ4v) is 5.12. The molecule has 9 heteroatoms. The highest BCUT2D eigenvalue weighted by molar-refractivity contribution is 5.98. The van der Waals surface area contributed by atoms with E-state index < -0.39 is 0 Å². The van der Waals surface area contributed by atoms with E-state index in [0.29, 0.717) is 30.7 Å². The van der Waals surface area contributed by atoms with Crippen LogP contribution in [0.15, 0.2) is 78.2 Å². The number of hydrogen-bond acceptors (Lipinski definition) is 7. The van der Waals surface area contributed by atoms with Crippen molar-refractivity contribution in [3.63, 3.8) is 0 Å². The SMILES string of the molecule is COc1ccccc1CN=C(N)c1cccc(Nc2nccc(-c3cnn(C(CC#N)C4CCCC4)c3)n2)c1. The topological polar surface area (TPSA) is 127 Å². The smallest absolute Gasteiger partial charge is 0.227 e. The van der Waals surface area contributed by atoms with E-state index >= 15 is 0 Å². The van der Waals surface area contributed by atoms with Crippen molar-refractivity contribution >= 4 is 17.5 Å². The third-order valence-electron chi connectivity index (χ3n) is 7.16. The summed E-state index contributed by atoms with van der Waals surface area (Å²) in [6.07, 6.45) is 10.7. The summed E-state index contributed by atoms with van der Waals surface area (Å²) >= 11 is 0. The Hall–Kier alpha value is -4.71. The number of nitrogens with one attached hydrogen (secondary N) is 1. The van der Waals surface area contributed by atoms with E-state index in [9.17, 15) is 5.26 Å². The molecule has 0 radical (unpaired) electrons. The van der Waals surface area contributed by atoms with Crippen LogP contribution in [0.5, 0.6) is 5.75 Å². The maximum atomic E-state index is 9.38. The first kappa shape index (κ1) is 25.9. The van der Waals surface area contributed by atoms with Crippen LogP contribution >= 0.6 is 0 Å². The molecule has 0 bridgehead atoms. The van der Waals surface area contributed by atoms with E-state index in [1.165, 1.54) is 12.8 Å². The normalized spacial score (nSPS) is 14.6. The van der Waals surface area contributed by atoms with Crippen molar-refractivity contribution in [2.75, 3.05) is 12.4 Å². The predicted molar refractivity (Wildman–Crippen MR) is 152 cm³/mol. The zero-order chi connectivity index (χ0) is 27.0. The van der Waals surface area contributed by atoms with Gasteiger partial charge in [0.2, 0.25) is 5.95 Å². The quantitative estimate of drug-likeness (QED) is 0.204. The Bertz CT molecular complexity index is 1480. The largest absolute Gasteiger partial charge is 0.496 e. The second-order valence-corrected chi connectivity index (χ2v) is 9.67.